The molecule has 1 unspecified atom stereocenters. The van der Waals surface area contributed by atoms with E-state index >= 15 is 0 Å². The number of fused-ring (bicyclic) bond motifs is 2. The number of carbonyl (C=O) groups is 1. The molecule has 4 nitrogen and oxygen atoms in total. The molecule has 2 aromatic carbocycles. The molecule has 1 aliphatic heterocycles. The minimum Gasteiger partial charge on any atom is -0.496 e. The summed E-state index contributed by atoms with van der Waals surface area (Å²) in [5.41, 5.74) is 5.86. The molecule has 0 radical (unpaired) electrons. The lowest BCUT2D eigenvalue weighted by molar-refractivity contribution is -0.132. The molecule has 29 heavy (non-hydrogen) atoms. The van der Waals surface area contributed by atoms with Gasteiger partial charge in [0.25, 0.3) is 0 Å². The number of ether oxygens (including phenoxy) is 1. The molecule has 3 aromatic rings. The molecule has 0 fully saturated rings. The minimum atomic E-state index is -0.0914. The summed E-state index contributed by atoms with van der Waals surface area (Å²) in [6.45, 7) is 1.39. The molecule has 1 aliphatic carbocycles. The van der Waals surface area contributed by atoms with Crippen LogP contribution in [0.2, 0.25) is 5.02 Å². The molecule has 1 atom stereocenters. The summed E-state index contributed by atoms with van der Waals surface area (Å²) >= 11 is 6.10. The van der Waals surface area contributed by atoms with Crippen LogP contribution in [0.5, 0.6) is 5.75 Å². The number of hydrogen-bond acceptors (Lipinski definition) is 2. The fourth-order valence-corrected chi connectivity index (χ4v) is 4.94. The summed E-state index contributed by atoms with van der Waals surface area (Å²) in [7, 11) is 1.68. The van der Waals surface area contributed by atoms with Gasteiger partial charge in [-0.15, -0.1) is 0 Å². The Morgan fingerprint density at radius 1 is 1.24 bits per heavy atom. The van der Waals surface area contributed by atoms with Crippen LogP contribution in [-0.4, -0.2) is 36.0 Å². The molecule has 2 heterocycles. The Labute approximate surface area is 175 Å². The van der Waals surface area contributed by atoms with Gasteiger partial charge in [0.15, 0.2) is 0 Å². The highest BCUT2D eigenvalue weighted by Crippen LogP contribution is 2.41. The second-order valence-electron chi connectivity index (χ2n) is 7.78. The zero-order chi connectivity index (χ0) is 20.0. The number of nitrogens with one attached hydrogen (secondary N) is 1. The molecule has 0 saturated carbocycles. The Hall–Kier alpha value is -2.72. The van der Waals surface area contributed by atoms with Crippen LogP contribution in [0, 0.1) is 0 Å². The number of hydrogen-bond donors (Lipinski definition) is 1. The van der Waals surface area contributed by atoms with Crippen LogP contribution < -0.4 is 4.74 Å². The summed E-state index contributed by atoms with van der Waals surface area (Å²) in [5.74, 6) is 0.963. The monoisotopic (exact) mass is 406 g/mol. The normalized spacial score (nSPS) is 18.6. The maximum absolute atomic E-state index is 13.3. The first kappa shape index (κ1) is 18.3. The SMILES string of the molecule is COc1cccc2c1C(C(=O)N1CC=C(c3c[nH]c4cc(Cl)ccc34)CC1)CC2. The molecule has 1 amide bonds. The predicted molar refractivity (Wildman–Crippen MR) is 117 cm³/mol. The molecule has 5 heteroatoms. The Morgan fingerprint density at radius 2 is 2.14 bits per heavy atom. The Morgan fingerprint density at radius 3 is 2.93 bits per heavy atom. The number of nitrogens with zero attached hydrogens (tertiary/aromatic N) is 1. The largest absolute Gasteiger partial charge is 0.496 e. The number of H-pyrrole nitrogens is 1. The second-order valence-corrected chi connectivity index (χ2v) is 8.22. The molecule has 2 aliphatic rings. The van der Waals surface area contributed by atoms with Crippen molar-refractivity contribution in [1.82, 2.24) is 9.88 Å². The van der Waals surface area contributed by atoms with Gasteiger partial charge in [0.1, 0.15) is 5.75 Å². The average Bonchev–Trinajstić information content (AvgIpc) is 3.37. The summed E-state index contributed by atoms with van der Waals surface area (Å²) in [5, 5.41) is 1.91. The van der Waals surface area contributed by atoms with Crippen molar-refractivity contribution in [2.75, 3.05) is 20.2 Å². The van der Waals surface area contributed by atoms with Gasteiger partial charge in [-0.2, -0.15) is 0 Å². The zero-order valence-corrected chi connectivity index (χ0v) is 17.1. The van der Waals surface area contributed by atoms with E-state index in [9.17, 15) is 4.79 Å². The van der Waals surface area contributed by atoms with E-state index in [1.54, 1.807) is 7.11 Å². The van der Waals surface area contributed by atoms with E-state index in [1.165, 1.54) is 22.1 Å². The molecule has 0 spiro atoms. The summed E-state index contributed by atoms with van der Waals surface area (Å²) in [6, 6.07) is 12.0. The Kier molecular flexibility index (Phi) is 4.59. The lowest BCUT2D eigenvalue weighted by Crippen LogP contribution is -2.37. The topological polar surface area (TPSA) is 45.3 Å². The van der Waals surface area contributed by atoms with Crippen molar-refractivity contribution in [2.24, 2.45) is 0 Å². The standard InChI is InChI=1S/C24H23ClN2O2/c1-29-22-4-2-3-16-5-7-19(23(16)22)24(28)27-11-9-15(10-12-27)20-14-26-21-13-17(25)6-8-18(20)21/h2-4,6,8-9,13-14,19,26H,5,7,10-12H2,1H3. The summed E-state index contributed by atoms with van der Waals surface area (Å²) < 4.78 is 5.54. The van der Waals surface area contributed by atoms with Crippen molar-refractivity contribution in [3.63, 3.8) is 0 Å². The van der Waals surface area contributed by atoms with Crippen LogP contribution in [0.3, 0.4) is 0 Å². The molecule has 5 rings (SSSR count). The predicted octanol–water partition coefficient (Wildman–Crippen LogP) is 5.18. The number of methoxy groups -OCH3 is 1. The van der Waals surface area contributed by atoms with Crippen molar-refractivity contribution in [2.45, 2.75) is 25.2 Å². The van der Waals surface area contributed by atoms with Crippen molar-refractivity contribution in [3.8, 4) is 5.75 Å². The van der Waals surface area contributed by atoms with E-state index in [0.717, 1.165) is 47.7 Å². The zero-order valence-electron chi connectivity index (χ0n) is 16.4. The third kappa shape index (κ3) is 3.12. The fourth-order valence-electron chi connectivity index (χ4n) is 4.77. The lowest BCUT2D eigenvalue weighted by Gasteiger charge is -2.29. The number of halogens is 1. The van der Waals surface area contributed by atoms with Gasteiger partial charge in [0, 0.05) is 46.3 Å². The van der Waals surface area contributed by atoms with E-state index in [-0.39, 0.29) is 11.8 Å². The van der Waals surface area contributed by atoms with Gasteiger partial charge in [0.2, 0.25) is 5.91 Å². The quantitative estimate of drug-likeness (QED) is 0.651. The van der Waals surface area contributed by atoms with E-state index < -0.39 is 0 Å². The van der Waals surface area contributed by atoms with Crippen molar-refractivity contribution < 1.29 is 9.53 Å². The Bertz CT molecular complexity index is 1130. The van der Waals surface area contributed by atoms with Gasteiger partial charge in [-0.25, -0.2) is 0 Å². The highest BCUT2D eigenvalue weighted by Gasteiger charge is 2.34. The third-order valence-corrected chi connectivity index (χ3v) is 6.47. The van der Waals surface area contributed by atoms with E-state index in [4.69, 9.17) is 16.3 Å². The molecular weight excluding hydrogens is 384 g/mol. The number of aryl methyl sites for hydroxylation is 1. The van der Waals surface area contributed by atoms with E-state index in [2.05, 4.69) is 23.2 Å². The van der Waals surface area contributed by atoms with Gasteiger partial charge in [-0.1, -0.05) is 35.9 Å². The summed E-state index contributed by atoms with van der Waals surface area (Å²) in [4.78, 5) is 18.6. The lowest BCUT2D eigenvalue weighted by atomic mass is 9.95. The highest BCUT2D eigenvalue weighted by molar-refractivity contribution is 6.31. The molecule has 0 bridgehead atoms. The third-order valence-electron chi connectivity index (χ3n) is 6.24. The van der Waals surface area contributed by atoms with Gasteiger partial charge >= 0.3 is 0 Å². The van der Waals surface area contributed by atoms with Crippen LogP contribution in [0.4, 0.5) is 0 Å². The van der Waals surface area contributed by atoms with Gasteiger partial charge in [-0.05, 0) is 48.6 Å². The van der Waals surface area contributed by atoms with Crippen molar-refractivity contribution in [3.05, 3.63) is 70.4 Å². The van der Waals surface area contributed by atoms with Crippen LogP contribution in [0.25, 0.3) is 16.5 Å². The first-order valence-corrected chi connectivity index (χ1v) is 10.4. The molecule has 1 aromatic heterocycles. The maximum Gasteiger partial charge on any atom is 0.230 e. The van der Waals surface area contributed by atoms with Crippen molar-refractivity contribution >= 4 is 34.0 Å². The number of aromatic amines is 1. The second kappa shape index (κ2) is 7.27. The number of carbonyl (C=O) groups excluding carboxylic acids is 1. The minimum absolute atomic E-state index is 0.0914. The number of benzene rings is 2. The molecule has 0 saturated heterocycles. The highest BCUT2D eigenvalue weighted by atomic mass is 35.5. The fraction of sp³-hybridized carbons (Fsp3) is 0.292. The summed E-state index contributed by atoms with van der Waals surface area (Å²) in [6.07, 6.45) is 6.90. The van der Waals surface area contributed by atoms with Gasteiger partial charge < -0.3 is 14.6 Å². The first-order chi connectivity index (χ1) is 14.2. The van der Waals surface area contributed by atoms with Crippen LogP contribution in [-0.2, 0) is 11.2 Å². The van der Waals surface area contributed by atoms with Crippen LogP contribution in [0.15, 0.2) is 48.7 Å². The van der Waals surface area contributed by atoms with E-state index in [0.29, 0.717) is 6.54 Å². The van der Waals surface area contributed by atoms with Gasteiger partial charge in [-0.3, -0.25) is 4.79 Å². The maximum atomic E-state index is 13.3. The molecular formula is C24H23ClN2O2. The van der Waals surface area contributed by atoms with Gasteiger partial charge in [0.05, 0.1) is 13.0 Å². The van der Waals surface area contributed by atoms with Crippen LogP contribution in [0.1, 0.15) is 35.4 Å². The molecule has 1 N–H and O–H groups in total. The van der Waals surface area contributed by atoms with Crippen LogP contribution >= 0.6 is 11.6 Å². The smallest absolute Gasteiger partial charge is 0.230 e. The van der Waals surface area contributed by atoms with Crippen molar-refractivity contribution in [1.29, 1.82) is 0 Å². The Balaban J connectivity index is 1.37. The average molecular weight is 407 g/mol. The number of rotatable bonds is 3. The number of amides is 1. The first-order valence-electron chi connectivity index (χ1n) is 10.1. The van der Waals surface area contributed by atoms with E-state index in [1.807, 2.05) is 35.4 Å². The molecule has 148 valence electrons. The number of aromatic nitrogens is 1.